The Morgan fingerprint density at radius 3 is 2.18 bits per heavy atom. The fourth-order valence-corrected chi connectivity index (χ4v) is 1.29. The second kappa shape index (κ2) is 5.69. The van der Waals surface area contributed by atoms with E-state index in [1.165, 1.54) is 11.8 Å². The standard InChI is InChI=1S/C6H16N3S.ClH/c1-9(2,3)4-5-10-6(7)8;/h4-5H2,1-3H3,(H3,7,8);1H/q+1;/p-1. The van der Waals surface area contributed by atoms with E-state index in [1.54, 1.807) is 0 Å². The van der Waals surface area contributed by atoms with Crippen molar-refractivity contribution in [2.45, 2.75) is 0 Å². The van der Waals surface area contributed by atoms with Crippen LogP contribution in [-0.2, 0) is 0 Å². The van der Waals surface area contributed by atoms with Gasteiger partial charge in [-0.15, -0.1) is 0 Å². The third-order valence-corrected chi connectivity index (χ3v) is 1.72. The molecule has 0 fully saturated rings. The van der Waals surface area contributed by atoms with Gasteiger partial charge >= 0.3 is 0 Å². The molecule has 0 saturated carbocycles. The van der Waals surface area contributed by atoms with Gasteiger partial charge in [0.1, 0.15) is 0 Å². The third kappa shape index (κ3) is 13.1. The van der Waals surface area contributed by atoms with Crippen molar-refractivity contribution in [2.24, 2.45) is 5.73 Å². The molecule has 0 aliphatic carbocycles. The van der Waals surface area contributed by atoms with Crippen molar-refractivity contribution in [3.63, 3.8) is 0 Å². The number of quaternary nitrogens is 1. The van der Waals surface area contributed by atoms with E-state index in [9.17, 15) is 0 Å². The maximum absolute atomic E-state index is 6.94. The van der Waals surface area contributed by atoms with Gasteiger partial charge in [0.25, 0.3) is 0 Å². The molecule has 0 atom stereocenters. The molecule has 0 radical (unpaired) electrons. The van der Waals surface area contributed by atoms with Gasteiger partial charge in [0.15, 0.2) is 5.17 Å². The van der Waals surface area contributed by atoms with Crippen molar-refractivity contribution in [3.8, 4) is 0 Å². The highest BCUT2D eigenvalue weighted by atomic mass is 35.5. The number of nitrogens with two attached hydrogens (primary N) is 1. The first kappa shape index (κ1) is 13.6. The lowest BCUT2D eigenvalue weighted by Crippen LogP contribution is -3.00. The molecule has 0 unspecified atom stereocenters. The molecule has 0 aromatic rings. The Morgan fingerprint density at radius 1 is 1.45 bits per heavy atom. The maximum atomic E-state index is 6.94. The topological polar surface area (TPSA) is 49.9 Å². The summed E-state index contributed by atoms with van der Waals surface area (Å²) < 4.78 is 0.931. The van der Waals surface area contributed by atoms with Crippen LogP contribution >= 0.6 is 11.8 Å². The number of thioether (sulfide) groups is 1. The van der Waals surface area contributed by atoms with E-state index in [-0.39, 0.29) is 17.6 Å². The highest BCUT2D eigenvalue weighted by molar-refractivity contribution is 8.13. The lowest BCUT2D eigenvalue weighted by atomic mass is 10.6. The zero-order chi connectivity index (χ0) is 8.20. The van der Waals surface area contributed by atoms with Crippen LogP contribution in [0.1, 0.15) is 0 Å². The smallest absolute Gasteiger partial charge is 0.151 e. The molecule has 0 aromatic heterocycles. The third-order valence-electron chi connectivity index (χ3n) is 1.02. The Hall–Kier alpha value is 0.0700. The molecule has 0 rings (SSSR count). The van der Waals surface area contributed by atoms with Crippen LogP contribution in [0.25, 0.3) is 0 Å². The van der Waals surface area contributed by atoms with Gasteiger partial charge in [0.2, 0.25) is 0 Å². The zero-order valence-corrected chi connectivity index (χ0v) is 8.80. The van der Waals surface area contributed by atoms with E-state index in [0.29, 0.717) is 0 Å². The average molecular weight is 198 g/mol. The molecular weight excluding hydrogens is 182 g/mol. The normalized spacial score (nSPS) is 10.5. The molecule has 3 N–H and O–H groups in total. The molecule has 0 amide bonds. The highest BCUT2D eigenvalue weighted by Gasteiger charge is 2.05. The van der Waals surface area contributed by atoms with E-state index >= 15 is 0 Å². The van der Waals surface area contributed by atoms with Gasteiger partial charge in [-0.1, -0.05) is 11.8 Å². The molecule has 0 aliphatic rings. The largest absolute Gasteiger partial charge is 1.00 e. The SMILES string of the molecule is C[N+](C)(C)CCSC(=N)N.[Cl-]. The number of halogens is 1. The van der Waals surface area contributed by atoms with Gasteiger partial charge in [-0.3, -0.25) is 5.41 Å². The average Bonchev–Trinajstić information content (AvgIpc) is 1.59. The number of nitrogens with zero attached hydrogens (tertiary/aromatic N) is 1. The van der Waals surface area contributed by atoms with Gasteiger partial charge in [-0.2, -0.15) is 0 Å². The molecule has 0 saturated heterocycles. The van der Waals surface area contributed by atoms with Crippen LogP contribution in [0.3, 0.4) is 0 Å². The molecule has 0 aromatic carbocycles. The summed E-state index contributed by atoms with van der Waals surface area (Å²) in [6.45, 7) is 1.05. The first-order valence-corrected chi connectivity index (χ1v) is 4.17. The quantitative estimate of drug-likeness (QED) is 0.295. The lowest BCUT2D eigenvalue weighted by Gasteiger charge is -2.23. The summed E-state index contributed by atoms with van der Waals surface area (Å²) in [5.74, 6) is 0.929. The Balaban J connectivity index is 0. The molecule has 5 heteroatoms. The Bertz CT molecular complexity index is 121. The minimum absolute atomic E-state index is 0. The van der Waals surface area contributed by atoms with E-state index in [2.05, 4.69) is 21.1 Å². The minimum atomic E-state index is 0. The fraction of sp³-hybridized carbons (Fsp3) is 0.833. The Labute approximate surface area is 78.8 Å². The highest BCUT2D eigenvalue weighted by Crippen LogP contribution is 2.00. The molecule has 68 valence electrons. The first-order valence-electron chi connectivity index (χ1n) is 3.19. The van der Waals surface area contributed by atoms with Crippen LogP contribution in [0, 0.1) is 5.41 Å². The van der Waals surface area contributed by atoms with Gasteiger partial charge in [0.05, 0.1) is 33.4 Å². The molecule has 0 spiro atoms. The van der Waals surface area contributed by atoms with Crippen molar-refractivity contribution in [3.05, 3.63) is 0 Å². The summed E-state index contributed by atoms with van der Waals surface area (Å²) in [7, 11) is 6.38. The van der Waals surface area contributed by atoms with E-state index in [0.717, 1.165) is 16.8 Å². The number of nitrogens with one attached hydrogen (secondary N) is 1. The van der Waals surface area contributed by atoms with E-state index in [1.807, 2.05) is 0 Å². The Morgan fingerprint density at radius 2 is 1.91 bits per heavy atom. The predicted octanol–water partition coefficient (Wildman–Crippen LogP) is -2.68. The van der Waals surface area contributed by atoms with Crippen molar-refractivity contribution < 1.29 is 16.9 Å². The molecule has 3 nitrogen and oxygen atoms in total. The van der Waals surface area contributed by atoms with Crippen LogP contribution in [0.2, 0.25) is 0 Å². The van der Waals surface area contributed by atoms with Gasteiger partial charge < -0.3 is 22.6 Å². The summed E-state index contributed by atoms with van der Waals surface area (Å²) >= 11 is 1.40. The van der Waals surface area contributed by atoms with Crippen LogP contribution in [0.4, 0.5) is 0 Å². The van der Waals surface area contributed by atoms with Crippen LogP contribution in [0.15, 0.2) is 0 Å². The predicted molar refractivity (Wildman–Crippen MR) is 47.3 cm³/mol. The van der Waals surface area contributed by atoms with Crippen LogP contribution < -0.4 is 18.1 Å². The van der Waals surface area contributed by atoms with Gasteiger partial charge in [0, 0.05) is 0 Å². The lowest BCUT2D eigenvalue weighted by molar-refractivity contribution is -0.867. The fourth-order valence-electron chi connectivity index (χ4n) is 0.429. The molecule has 0 heterocycles. The van der Waals surface area contributed by atoms with Crippen molar-refractivity contribution in [1.82, 2.24) is 0 Å². The minimum Gasteiger partial charge on any atom is -1.00 e. The van der Waals surface area contributed by atoms with E-state index < -0.39 is 0 Å². The number of hydrogen-bond donors (Lipinski definition) is 2. The van der Waals surface area contributed by atoms with Crippen LogP contribution in [0.5, 0.6) is 0 Å². The second-order valence-corrected chi connectivity index (χ2v) is 4.36. The summed E-state index contributed by atoms with van der Waals surface area (Å²) in [5, 5.41) is 7.15. The van der Waals surface area contributed by atoms with Crippen molar-refractivity contribution >= 4 is 16.9 Å². The van der Waals surface area contributed by atoms with Crippen molar-refractivity contribution in [2.75, 3.05) is 33.4 Å². The Kier molecular flexibility index (Phi) is 7.05. The van der Waals surface area contributed by atoms with Gasteiger partial charge in [-0.05, 0) is 0 Å². The summed E-state index contributed by atoms with van der Waals surface area (Å²) in [5.41, 5.74) is 5.16. The maximum Gasteiger partial charge on any atom is 0.151 e. The summed E-state index contributed by atoms with van der Waals surface area (Å²) in [4.78, 5) is 0. The number of amidine groups is 1. The van der Waals surface area contributed by atoms with Crippen molar-refractivity contribution in [1.29, 1.82) is 5.41 Å². The monoisotopic (exact) mass is 197 g/mol. The summed E-state index contributed by atoms with van der Waals surface area (Å²) in [6.07, 6.45) is 0. The second-order valence-electron chi connectivity index (χ2n) is 3.23. The zero-order valence-electron chi connectivity index (χ0n) is 7.22. The molecule has 0 aliphatic heterocycles. The molecule has 0 bridgehead atoms. The molecular formula is C6H16ClN3S. The van der Waals surface area contributed by atoms with Gasteiger partial charge in [-0.25, -0.2) is 0 Å². The number of rotatable bonds is 3. The molecule has 11 heavy (non-hydrogen) atoms. The summed E-state index contributed by atoms with van der Waals surface area (Å²) in [6, 6.07) is 0. The first-order chi connectivity index (χ1) is 4.42. The number of hydrogen-bond acceptors (Lipinski definition) is 2. The van der Waals surface area contributed by atoms with Crippen LogP contribution in [-0.4, -0.2) is 43.1 Å². The van der Waals surface area contributed by atoms with E-state index in [4.69, 9.17) is 11.1 Å².